The van der Waals surface area contributed by atoms with Gasteiger partial charge in [-0.25, -0.2) is 4.98 Å². The second kappa shape index (κ2) is 4.54. The van der Waals surface area contributed by atoms with Crippen LogP contribution in [0, 0.1) is 6.92 Å². The van der Waals surface area contributed by atoms with E-state index in [-0.39, 0.29) is 0 Å². The maximum absolute atomic E-state index is 8.93. The Morgan fingerprint density at radius 3 is 3.00 bits per heavy atom. The van der Waals surface area contributed by atoms with E-state index in [0.717, 1.165) is 18.7 Å². The summed E-state index contributed by atoms with van der Waals surface area (Å²) in [5.74, 6) is 0. The van der Waals surface area contributed by atoms with Crippen LogP contribution in [0.25, 0.3) is 0 Å². The highest BCUT2D eigenvalue weighted by Gasteiger charge is 2.00. The molecule has 0 saturated heterocycles. The van der Waals surface area contributed by atoms with E-state index in [2.05, 4.69) is 10.3 Å². The third-order valence-electron chi connectivity index (χ3n) is 1.64. The van der Waals surface area contributed by atoms with Gasteiger partial charge in [0, 0.05) is 11.4 Å². The van der Waals surface area contributed by atoms with Crippen LogP contribution in [-0.2, 0) is 6.42 Å². The molecule has 0 bridgehead atoms. The number of rotatable bonds is 4. The molecule has 1 unspecified atom stereocenters. The van der Waals surface area contributed by atoms with Crippen LogP contribution in [0.2, 0.25) is 0 Å². The summed E-state index contributed by atoms with van der Waals surface area (Å²) < 4.78 is 0. The molecule has 1 atom stereocenters. The molecule has 0 aliphatic heterocycles. The van der Waals surface area contributed by atoms with Crippen LogP contribution in [0.1, 0.15) is 17.5 Å². The van der Waals surface area contributed by atoms with Gasteiger partial charge >= 0.3 is 0 Å². The van der Waals surface area contributed by atoms with Crippen LogP contribution in [0.5, 0.6) is 0 Å². The average molecular weight is 186 g/mol. The summed E-state index contributed by atoms with van der Waals surface area (Å²) in [7, 11) is 0. The predicted molar refractivity (Wildman–Crippen MR) is 50.2 cm³/mol. The molecule has 1 aromatic heterocycles. The Bertz CT molecular complexity index is 235. The molecule has 1 rings (SSSR count). The van der Waals surface area contributed by atoms with Crippen molar-refractivity contribution in [3.05, 3.63) is 16.1 Å². The van der Waals surface area contributed by atoms with E-state index in [4.69, 9.17) is 5.11 Å². The van der Waals surface area contributed by atoms with E-state index >= 15 is 0 Å². The van der Waals surface area contributed by atoms with Crippen LogP contribution in [-0.4, -0.2) is 22.9 Å². The fourth-order valence-electron chi connectivity index (χ4n) is 0.961. The molecule has 0 fully saturated rings. The molecule has 68 valence electrons. The normalized spacial score (nSPS) is 13.2. The number of nitrogens with zero attached hydrogens (tertiary/aromatic N) is 1. The van der Waals surface area contributed by atoms with Gasteiger partial charge in [-0.05, 0) is 20.3 Å². The van der Waals surface area contributed by atoms with E-state index in [1.165, 1.54) is 4.88 Å². The SMILES string of the molecule is Cc1ncsc1CCNC(C)O. The highest BCUT2D eigenvalue weighted by atomic mass is 32.1. The Labute approximate surface area is 76.5 Å². The first-order valence-electron chi connectivity index (χ1n) is 4.00. The quantitative estimate of drug-likeness (QED) is 0.687. The second-order valence-corrected chi connectivity index (χ2v) is 3.68. The van der Waals surface area contributed by atoms with Gasteiger partial charge in [-0.15, -0.1) is 11.3 Å². The third-order valence-corrected chi connectivity index (χ3v) is 2.63. The molecule has 12 heavy (non-hydrogen) atoms. The topological polar surface area (TPSA) is 45.2 Å². The van der Waals surface area contributed by atoms with Crippen molar-refractivity contribution in [1.82, 2.24) is 10.3 Å². The number of aliphatic hydroxyl groups excluding tert-OH is 1. The van der Waals surface area contributed by atoms with Crippen LogP contribution in [0.4, 0.5) is 0 Å². The zero-order valence-electron chi connectivity index (χ0n) is 7.37. The molecular formula is C8H14N2OS. The highest BCUT2D eigenvalue weighted by molar-refractivity contribution is 7.09. The summed E-state index contributed by atoms with van der Waals surface area (Å²) in [6, 6.07) is 0. The lowest BCUT2D eigenvalue weighted by molar-refractivity contribution is 0.157. The Hall–Kier alpha value is -0.450. The Morgan fingerprint density at radius 1 is 1.75 bits per heavy atom. The van der Waals surface area contributed by atoms with Crippen molar-refractivity contribution in [2.24, 2.45) is 0 Å². The van der Waals surface area contributed by atoms with Crippen molar-refractivity contribution in [3.63, 3.8) is 0 Å². The van der Waals surface area contributed by atoms with Crippen molar-refractivity contribution < 1.29 is 5.11 Å². The minimum Gasteiger partial charge on any atom is -0.379 e. The minimum atomic E-state index is -0.418. The summed E-state index contributed by atoms with van der Waals surface area (Å²) in [5, 5.41) is 11.9. The number of aromatic nitrogens is 1. The zero-order valence-corrected chi connectivity index (χ0v) is 8.19. The van der Waals surface area contributed by atoms with Gasteiger partial charge in [0.1, 0.15) is 6.23 Å². The first-order chi connectivity index (χ1) is 5.70. The van der Waals surface area contributed by atoms with Crippen molar-refractivity contribution >= 4 is 11.3 Å². The second-order valence-electron chi connectivity index (χ2n) is 2.74. The summed E-state index contributed by atoms with van der Waals surface area (Å²) in [6.07, 6.45) is 0.528. The summed E-state index contributed by atoms with van der Waals surface area (Å²) in [5.41, 5.74) is 2.96. The number of thiazole rings is 1. The molecule has 2 N–H and O–H groups in total. The molecule has 0 saturated carbocycles. The minimum absolute atomic E-state index is 0.418. The lowest BCUT2D eigenvalue weighted by Crippen LogP contribution is -2.27. The summed E-state index contributed by atoms with van der Waals surface area (Å²) in [4.78, 5) is 5.44. The van der Waals surface area contributed by atoms with Gasteiger partial charge in [-0.3, -0.25) is 5.32 Å². The Balaban J connectivity index is 2.29. The molecular weight excluding hydrogens is 172 g/mol. The van der Waals surface area contributed by atoms with E-state index in [1.54, 1.807) is 18.3 Å². The van der Waals surface area contributed by atoms with Crippen molar-refractivity contribution in [2.75, 3.05) is 6.54 Å². The largest absolute Gasteiger partial charge is 0.379 e. The average Bonchev–Trinajstić information content (AvgIpc) is 2.36. The maximum Gasteiger partial charge on any atom is 0.102 e. The van der Waals surface area contributed by atoms with Gasteiger partial charge in [0.25, 0.3) is 0 Å². The molecule has 1 heterocycles. The molecule has 4 heteroatoms. The Morgan fingerprint density at radius 2 is 2.50 bits per heavy atom. The van der Waals surface area contributed by atoms with Gasteiger partial charge in [-0.1, -0.05) is 0 Å². The van der Waals surface area contributed by atoms with Gasteiger partial charge in [0.2, 0.25) is 0 Å². The fourth-order valence-corrected chi connectivity index (χ4v) is 1.74. The summed E-state index contributed by atoms with van der Waals surface area (Å²) in [6.45, 7) is 4.54. The van der Waals surface area contributed by atoms with E-state index in [9.17, 15) is 0 Å². The monoisotopic (exact) mass is 186 g/mol. The number of nitrogens with one attached hydrogen (secondary N) is 1. The molecule has 0 aliphatic rings. The van der Waals surface area contributed by atoms with Gasteiger partial charge < -0.3 is 5.11 Å². The zero-order chi connectivity index (χ0) is 8.97. The van der Waals surface area contributed by atoms with Crippen LogP contribution in [0.15, 0.2) is 5.51 Å². The van der Waals surface area contributed by atoms with E-state index < -0.39 is 6.23 Å². The van der Waals surface area contributed by atoms with Crippen molar-refractivity contribution in [2.45, 2.75) is 26.5 Å². The maximum atomic E-state index is 8.93. The molecule has 0 spiro atoms. The van der Waals surface area contributed by atoms with Gasteiger partial charge in [0.05, 0.1) is 11.2 Å². The molecule has 0 aliphatic carbocycles. The van der Waals surface area contributed by atoms with Crippen molar-refractivity contribution in [1.29, 1.82) is 0 Å². The fraction of sp³-hybridized carbons (Fsp3) is 0.625. The van der Waals surface area contributed by atoms with Gasteiger partial charge in [0.15, 0.2) is 0 Å². The lowest BCUT2D eigenvalue weighted by atomic mass is 10.3. The first-order valence-corrected chi connectivity index (χ1v) is 4.88. The Kier molecular flexibility index (Phi) is 3.65. The molecule has 0 radical (unpaired) electrons. The standard InChI is InChI=1S/C8H14N2OS/c1-6-8(12-5-10-6)3-4-9-7(2)11/h5,7,9,11H,3-4H2,1-2H3. The number of aryl methyl sites for hydroxylation is 1. The lowest BCUT2D eigenvalue weighted by Gasteiger charge is -2.05. The first kappa shape index (κ1) is 9.64. The number of hydrogen-bond donors (Lipinski definition) is 2. The van der Waals surface area contributed by atoms with Crippen molar-refractivity contribution in [3.8, 4) is 0 Å². The van der Waals surface area contributed by atoms with Crippen LogP contribution in [0.3, 0.4) is 0 Å². The van der Waals surface area contributed by atoms with Crippen LogP contribution < -0.4 is 5.32 Å². The number of hydrogen-bond acceptors (Lipinski definition) is 4. The molecule has 0 amide bonds. The third kappa shape index (κ3) is 2.89. The highest BCUT2D eigenvalue weighted by Crippen LogP contribution is 2.11. The van der Waals surface area contributed by atoms with Crippen LogP contribution >= 0.6 is 11.3 Å². The van der Waals surface area contributed by atoms with E-state index in [1.807, 2.05) is 12.4 Å². The predicted octanol–water partition coefficient (Wildman–Crippen LogP) is 0.922. The van der Waals surface area contributed by atoms with Gasteiger partial charge in [-0.2, -0.15) is 0 Å². The molecule has 0 aromatic carbocycles. The molecule has 3 nitrogen and oxygen atoms in total. The smallest absolute Gasteiger partial charge is 0.102 e. The van der Waals surface area contributed by atoms with E-state index in [0.29, 0.717) is 0 Å². The molecule has 1 aromatic rings. The summed E-state index contributed by atoms with van der Waals surface area (Å²) >= 11 is 1.67. The number of aliphatic hydroxyl groups is 1.